The fraction of sp³-hybridized carbons (Fsp3) is 0.200. The van der Waals surface area contributed by atoms with E-state index in [1.165, 1.54) is 24.3 Å². The van der Waals surface area contributed by atoms with Gasteiger partial charge in [0.1, 0.15) is 23.6 Å². The number of piperazine rings is 1. The maximum absolute atomic E-state index is 14.0. The van der Waals surface area contributed by atoms with E-state index in [9.17, 15) is 13.6 Å². The zero-order valence-corrected chi connectivity index (χ0v) is 18.9. The lowest BCUT2D eigenvalue weighted by atomic mass is 10.1. The number of fused-ring (bicyclic) bond motifs is 1. The number of benzene rings is 2. The molecule has 0 saturated carbocycles. The van der Waals surface area contributed by atoms with Crippen molar-refractivity contribution in [2.45, 2.75) is 12.6 Å². The molecule has 1 unspecified atom stereocenters. The zero-order valence-electron chi connectivity index (χ0n) is 18.2. The van der Waals surface area contributed by atoms with E-state index in [0.717, 1.165) is 17.1 Å². The molecule has 0 radical (unpaired) electrons. The van der Waals surface area contributed by atoms with Gasteiger partial charge in [0.25, 0.3) is 0 Å². The Hall–Kier alpha value is -3.65. The van der Waals surface area contributed by atoms with Crippen molar-refractivity contribution >= 4 is 28.9 Å². The molecule has 6 nitrogen and oxygen atoms in total. The minimum atomic E-state index is -0.510. The first-order valence-electron chi connectivity index (χ1n) is 10.9. The SMILES string of the molecule is O=C(Cc1ccncc1)N1CCN2C(Nc3ccc(Cl)c(F)c3)=CN(c3ccc(F)cc3)C2C1. The molecule has 0 spiro atoms. The fourth-order valence-electron chi connectivity index (χ4n) is 4.27. The lowest BCUT2D eigenvalue weighted by molar-refractivity contribution is -0.132. The number of nitrogens with zero attached hydrogens (tertiary/aromatic N) is 4. The molecule has 0 aliphatic carbocycles. The average Bonchev–Trinajstić information content (AvgIpc) is 3.20. The number of nitrogens with one attached hydrogen (secondary N) is 1. The Morgan fingerprint density at radius 2 is 1.82 bits per heavy atom. The smallest absolute Gasteiger partial charge is 0.227 e. The first-order chi connectivity index (χ1) is 16.5. The van der Waals surface area contributed by atoms with Crippen LogP contribution in [-0.4, -0.2) is 46.5 Å². The third kappa shape index (κ3) is 4.54. The lowest BCUT2D eigenvalue weighted by Gasteiger charge is -2.42. The minimum absolute atomic E-state index is 0.0334. The van der Waals surface area contributed by atoms with Crippen LogP contribution < -0.4 is 10.2 Å². The molecule has 5 rings (SSSR count). The Labute approximate surface area is 201 Å². The van der Waals surface area contributed by atoms with Gasteiger partial charge >= 0.3 is 0 Å². The number of pyridine rings is 1. The average molecular weight is 482 g/mol. The van der Waals surface area contributed by atoms with Gasteiger partial charge < -0.3 is 20.0 Å². The van der Waals surface area contributed by atoms with Gasteiger partial charge in [-0.25, -0.2) is 8.78 Å². The molecule has 1 fully saturated rings. The summed E-state index contributed by atoms with van der Waals surface area (Å²) in [6.45, 7) is 1.59. The summed E-state index contributed by atoms with van der Waals surface area (Å²) in [7, 11) is 0. The molecule has 2 aliphatic rings. The molecule has 1 amide bonds. The Morgan fingerprint density at radius 3 is 2.56 bits per heavy atom. The van der Waals surface area contributed by atoms with Gasteiger partial charge in [0, 0.05) is 43.1 Å². The van der Waals surface area contributed by atoms with Gasteiger partial charge in [0.05, 0.1) is 18.0 Å². The Balaban J connectivity index is 1.39. The van der Waals surface area contributed by atoms with Crippen molar-refractivity contribution in [1.29, 1.82) is 0 Å². The quantitative estimate of drug-likeness (QED) is 0.583. The molecule has 2 aromatic carbocycles. The predicted molar refractivity (Wildman–Crippen MR) is 127 cm³/mol. The summed E-state index contributed by atoms with van der Waals surface area (Å²) in [5.41, 5.74) is 2.26. The van der Waals surface area contributed by atoms with E-state index < -0.39 is 5.82 Å². The van der Waals surface area contributed by atoms with E-state index in [4.69, 9.17) is 11.6 Å². The van der Waals surface area contributed by atoms with Crippen LogP contribution in [-0.2, 0) is 11.2 Å². The number of carbonyl (C=O) groups is 1. The molecule has 174 valence electrons. The topological polar surface area (TPSA) is 51.7 Å². The van der Waals surface area contributed by atoms with Crippen LogP contribution in [0.4, 0.5) is 20.2 Å². The molecule has 1 saturated heterocycles. The molecular formula is C25H22ClF2N5O. The number of carbonyl (C=O) groups excluding carboxylic acids is 1. The van der Waals surface area contributed by atoms with E-state index >= 15 is 0 Å². The molecule has 1 N–H and O–H groups in total. The second-order valence-corrected chi connectivity index (χ2v) is 8.61. The summed E-state index contributed by atoms with van der Waals surface area (Å²) in [5.74, 6) is -0.0383. The molecule has 3 aromatic rings. The van der Waals surface area contributed by atoms with Crippen LogP contribution >= 0.6 is 11.6 Å². The molecule has 2 aliphatic heterocycles. The lowest BCUT2D eigenvalue weighted by Crippen LogP contribution is -2.57. The third-order valence-electron chi connectivity index (χ3n) is 6.02. The monoisotopic (exact) mass is 481 g/mol. The predicted octanol–water partition coefficient (Wildman–Crippen LogP) is 4.46. The molecule has 9 heteroatoms. The number of hydrogen-bond acceptors (Lipinski definition) is 5. The van der Waals surface area contributed by atoms with Crippen LogP contribution in [0.25, 0.3) is 0 Å². The Bertz CT molecular complexity index is 1220. The molecule has 1 aromatic heterocycles. The van der Waals surface area contributed by atoms with Crippen LogP contribution in [0.3, 0.4) is 0 Å². The highest BCUT2D eigenvalue weighted by Gasteiger charge is 2.39. The number of rotatable bonds is 5. The van der Waals surface area contributed by atoms with Crippen molar-refractivity contribution in [2.75, 3.05) is 29.9 Å². The van der Waals surface area contributed by atoms with Gasteiger partial charge in [-0.1, -0.05) is 11.6 Å². The van der Waals surface area contributed by atoms with Crippen molar-refractivity contribution in [2.24, 2.45) is 0 Å². The second kappa shape index (κ2) is 9.30. The minimum Gasteiger partial charge on any atom is -0.341 e. The number of hydrogen-bond donors (Lipinski definition) is 1. The summed E-state index contributed by atoms with van der Waals surface area (Å²) in [5, 5.41) is 3.32. The summed E-state index contributed by atoms with van der Waals surface area (Å²) >= 11 is 5.82. The van der Waals surface area contributed by atoms with Crippen molar-refractivity contribution in [1.82, 2.24) is 14.8 Å². The van der Waals surface area contributed by atoms with E-state index in [0.29, 0.717) is 31.7 Å². The van der Waals surface area contributed by atoms with Crippen molar-refractivity contribution in [3.8, 4) is 0 Å². The van der Waals surface area contributed by atoms with E-state index in [1.807, 2.05) is 28.1 Å². The maximum Gasteiger partial charge on any atom is 0.227 e. The van der Waals surface area contributed by atoms with Gasteiger partial charge in [-0.2, -0.15) is 0 Å². The van der Waals surface area contributed by atoms with Crippen molar-refractivity contribution in [3.63, 3.8) is 0 Å². The molecule has 0 bridgehead atoms. The first-order valence-corrected chi connectivity index (χ1v) is 11.3. The molecule has 34 heavy (non-hydrogen) atoms. The molecular weight excluding hydrogens is 460 g/mol. The van der Waals surface area contributed by atoms with Crippen LogP contribution in [0.1, 0.15) is 5.56 Å². The van der Waals surface area contributed by atoms with E-state index in [2.05, 4.69) is 15.2 Å². The third-order valence-corrected chi connectivity index (χ3v) is 6.33. The normalized spacial score (nSPS) is 17.4. The first kappa shape index (κ1) is 22.2. The second-order valence-electron chi connectivity index (χ2n) is 8.20. The summed E-state index contributed by atoms with van der Waals surface area (Å²) in [6, 6.07) is 14.4. The largest absolute Gasteiger partial charge is 0.341 e. The van der Waals surface area contributed by atoms with Crippen LogP contribution in [0.5, 0.6) is 0 Å². The van der Waals surface area contributed by atoms with Crippen molar-refractivity contribution in [3.05, 3.63) is 101 Å². The van der Waals surface area contributed by atoms with Gasteiger partial charge in [-0.3, -0.25) is 9.78 Å². The van der Waals surface area contributed by atoms with E-state index in [1.54, 1.807) is 30.6 Å². The van der Waals surface area contributed by atoms with Gasteiger partial charge in [-0.05, 0) is 60.2 Å². The van der Waals surface area contributed by atoms with Crippen LogP contribution in [0.15, 0.2) is 79.0 Å². The summed E-state index contributed by atoms with van der Waals surface area (Å²) in [6.07, 6.45) is 5.36. The highest BCUT2D eigenvalue weighted by atomic mass is 35.5. The number of aromatic nitrogens is 1. The Kier molecular flexibility index (Phi) is 6.06. The van der Waals surface area contributed by atoms with Crippen molar-refractivity contribution < 1.29 is 13.6 Å². The van der Waals surface area contributed by atoms with Gasteiger partial charge in [0.2, 0.25) is 5.91 Å². The van der Waals surface area contributed by atoms with E-state index in [-0.39, 0.29) is 22.9 Å². The zero-order chi connectivity index (χ0) is 23.7. The fourth-order valence-corrected chi connectivity index (χ4v) is 4.39. The highest BCUT2D eigenvalue weighted by Crippen LogP contribution is 2.32. The Morgan fingerprint density at radius 1 is 1.06 bits per heavy atom. The standard InChI is InChI=1S/C25H22ClF2N5O/c26-21-6-3-19(14-22(21)28)30-23-15-33(20-4-1-18(27)2-5-20)24-16-31(11-12-32(23)24)25(34)13-17-7-9-29-10-8-17/h1-10,14-15,24,30H,11-13,16H2. The molecule has 3 heterocycles. The summed E-state index contributed by atoms with van der Waals surface area (Å²) < 4.78 is 27.5. The highest BCUT2D eigenvalue weighted by molar-refractivity contribution is 6.30. The maximum atomic E-state index is 14.0. The number of halogens is 3. The number of amides is 1. The number of anilines is 2. The van der Waals surface area contributed by atoms with Gasteiger partial charge in [-0.15, -0.1) is 0 Å². The summed E-state index contributed by atoms with van der Waals surface area (Å²) in [4.78, 5) is 23.0. The van der Waals surface area contributed by atoms with Gasteiger partial charge in [0.15, 0.2) is 0 Å². The molecule has 1 atom stereocenters. The van der Waals surface area contributed by atoms with Crippen LogP contribution in [0.2, 0.25) is 5.02 Å². The van der Waals surface area contributed by atoms with Crippen LogP contribution in [0, 0.1) is 11.6 Å².